The lowest BCUT2D eigenvalue weighted by Gasteiger charge is -2.13. The van der Waals surface area contributed by atoms with Crippen LogP contribution >= 0.6 is 0 Å². The van der Waals surface area contributed by atoms with E-state index in [-0.39, 0.29) is 6.61 Å². The van der Waals surface area contributed by atoms with Crippen LogP contribution in [0.4, 0.5) is 0 Å². The summed E-state index contributed by atoms with van der Waals surface area (Å²) in [6.45, 7) is 4.32. The fourth-order valence-corrected chi connectivity index (χ4v) is 3.85. The Labute approximate surface area is 216 Å². The van der Waals surface area contributed by atoms with Gasteiger partial charge in [0, 0.05) is 12.0 Å². The Hall–Kier alpha value is -4.39. The Morgan fingerprint density at radius 2 is 1.65 bits per heavy atom. The number of hydrogen-bond donors (Lipinski definition) is 1. The number of ether oxygens (including phenoxy) is 1. The zero-order valence-electron chi connectivity index (χ0n) is 21.0. The molecule has 1 atom stereocenters. The third-order valence-electron chi connectivity index (χ3n) is 5.97. The minimum atomic E-state index is -0.942. The van der Waals surface area contributed by atoms with Crippen molar-refractivity contribution in [1.82, 2.24) is 4.98 Å². The molecule has 0 aliphatic rings. The molecule has 1 N–H and O–H groups in total. The summed E-state index contributed by atoms with van der Waals surface area (Å²) in [7, 11) is 0. The van der Waals surface area contributed by atoms with Gasteiger partial charge in [0.05, 0.1) is 18.0 Å². The first-order chi connectivity index (χ1) is 18.0. The second kappa shape index (κ2) is 12.5. The van der Waals surface area contributed by atoms with Crippen LogP contribution in [-0.4, -0.2) is 28.4 Å². The normalized spacial score (nSPS) is 12.2. The Morgan fingerprint density at radius 3 is 2.32 bits per heavy atom. The fourth-order valence-electron chi connectivity index (χ4n) is 3.85. The molecule has 0 saturated carbocycles. The number of aromatic nitrogens is 1. The number of rotatable bonds is 12. The van der Waals surface area contributed by atoms with Crippen LogP contribution in [0.1, 0.15) is 29.5 Å². The molecule has 4 rings (SSSR count). The maximum atomic E-state index is 11.9. The molecule has 4 aromatic rings. The van der Waals surface area contributed by atoms with E-state index >= 15 is 0 Å². The summed E-state index contributed by atoms with van der Waals surface area (Å²) in [4.78, 5) is 21.9. The molecule has 0 aliphatic carbocycles. The number of carbonyl (C=O) groups is 1. The molecule has 0 fully saturated rings. The van der Waals surface area contributed by atoms with Crippen LogP contribution in [0.3, 0.4) is 0 Å². The molecule has 0 aliphatic heterocycles. The standard InChI is InChI=1S/C30H30N2O5/c1-21(32-36-20-24-9-5-3-6-10-24)27(30(33)34)19-23-13-15-26(16-14-23)35-18-17-28-22(2)37-29(31-28)25-11-7-4-8-12-25/h3-16,27H,17-20H2,1-2H3,(H,33,34)/b32-21+. The fraction of sp³-hybridized carbons (Fsp3) is 0.233. The lowest BCUT2D eigenvalue weighted by Crippen LogP contribution is -2.24. The molecule has 1 unspecified atom stereocenters. The van der Waals surface area contributed by atoms with Gasteiger partial charge in [-0.25, -0.2) is 4.98 Å². The number of carboxylic acids is 1. The van der Waals surface area contributed by atoms with Gasteiger partial charge in [-0.15, -0.1) is 0 Å². The molecule has 7 nitrogen and oxygen atoms in total. The van der Waals surface area contributed by atoms with Crippen LogP contribution in [0.5, 0.6) is 5.75 Å². The van der Waals surface area contributed by atoms with Gasteiger partial charge >= 0.3 is 5.97 Å². The summed E-state index contributed by atoms with van der Waals surface area (Å²) >= 11 is 0. The minimum absolute atomic E-state index is 0.290. The van der Waals surface area contributed by atoms with Crippen LogP contribution in [0.2, 0.25) is 0 Å². The minimum Gasteiger partial charge on any atom is -0.493 e. The van der Waals surface area contributed by atoms with Crippen molar-refractivity contribution in [3.63, 3.8) is 0 Å². The molecule has 0 spiro atoms. The molecule has 0 amide bonds. The number of oxime groups is 1. The first kappa shape index (κ1) is 25.7. The van der Waals surface area contributed by atoms with E-state index in [1.165, 1.54) is 0 Å². The third kappa shape index (κ3) is 7.30. The molecule has 37 heavy (non-hydrogen) atoms. The molecule has 0 radical (unpaired) electrons. The summed E-state index contributed by atoms with van der Waals surface area (Å²) in [5.74, 6) is 0.368. The van der Waals surface area contributed by atoms with Gasteiger partial charge in [-0.2, -0.15) is 0 Å². The van der Waals surface area contributed by atoms with Gasteiger partial charge in [0.25, 0.3) is 0 Å². The van der Waals surface area contributed by atoms with Gasteiger partial charge in [0.15, 0.2) is 0 Å². The number of aryl methyl sites for hydroxylation is 1. The highest BCUT2D eigenvalue weighted by molar-refractivity contribution is 6.00. The van der Waals surface area contributed by atoms with Crippen LogP contribution < -0.4 is 4.74 Å². The molecule has 0 bridgehead atoms. The summed E-state index contributed by atoms with van der Waals surface area (Å²) in [5.41, 5.74) is 4.07. The molecule has 3 aromatic carbocycles. The van der Waals surface area contributed by atoms with E-state index in [2.05, 4.69) is 10.1 Å². The number of aliphatic carboxylic acids is 1. The third-order valence-corrected chi connectivity index (χ3v) is 5.97. The van der Waals surface area contributed by atoms with Crippen molar-refractivity contribution in [3.05, 3.63) is 108 Å². The lowest BCUT2D eigenvalue weighted by molar-refractivity contribution is -0.139. The van der Waals surface area contributed by atoms with Gasteiger partial charge in [-0.3, -0.25) is 4.79 Å². The zero-order chi connectivity index (χ0) is 26.0. The molecule has 1 heterocycles. The molecule has 7 heteroatoms. The van der Waals surface area contributed by atoms with Gasteiger partial charge < -0.3 is 19.1 Å². The topological polar surface area (TPSA) is 94.2 Å². The maximum absolute atomic E-state index is 11.9. The number of benzene rings is 3. The van der Waals surface area contributed by atoms with Crippen LogP contribution in [-0.2, 0) is 29.1 Å². The number of carboxylic acid groups (broad SMARTS) is 1. The quantitative estimate of drug-likeness (QED) is 0.187. The van der Waals surface area contributed by atoms with Crippen molar-refractivity contribution in [2.75, 3.05) is 6.61 Å². The average molecular weight is 499 g/mol. The van der Waals surface area contributed by atoms with Crippen molar-refractivity contribution >= 4 is 11.7 Å². The highest BCUT2D eigenvalue weighted by Gasteiger charge is 2.22. The molecular weight excluding hydrogens is 468 g/mol. The van der Waals surface area contributed by atoms with Crippen molar-refractivity contribution in [2.45, 2.75) is 33.3 Å². The first-order valence-electron chi connectivity index (χ1n) is 12.2. The van der Waals surface area contributed by atoms with Crippen molar-refractivity contribution in [3.8, 4) is 17.2 Å². The van der Waals surface area contributed by atoms with Gasteiger partial charge in [-0.05, 0) is 55.7 Å². The van der Waals surface area contributed by atoms with Gasteiger partial charge in [0.2, 0.25) is 5.89 Å². The lowest BCUT2D eigenvalue weighted by atomic mass is 9.95. The van der Waals surface area contributed by atoms with Crippen molar-refractivity contribution < 1.29 is 23.9 Å². The Balaban J connectivity index is 1.29. The van der Waals surface area contributed by atoms with E-state index in [0.29, 0.717) is 36.8 Å². The molecular formula is C30H30N2O5. The van der Waals surface area contributed by atoms with Crippen molar-refractivity contribution in [2.24, 2.45) is 11.1 Å². The Bertz CT molecular complexity index is 1320. The second-order valence-electron chi connectivity index (χ2n) is 8.72. The Morgan fingerprint density at radius 1 is 0.973 bits per heavy atom. The number of hydrogen-bond acceptors (Lipinski definition) is 6. The van der Waals surface area contributed by atoms with E-state index in [1.807, 2.05) is 91.9 Å². The Kier molecular flexibility index (Phi) is 8.70. The van der Waals surface area contributed by atoms with Gasteiger partial charge in [0.1, 0.15) is 24.0 Å². The monoisotopic (exact) mass is 498 g/mol. The number of nitrogens with zero attached hydrogens (tertiary/aromatic N) is 2. The summed E-state index contributed by atoms with van der Waals surface area (Å²) in [6, 6.07) is 26.8. The highest BCUT2D eigenvalue weighted by atomic mass is 16.6. The zero-order valence-corrected chi connectivity index (χ0v) is 21.0. The summed E-state index contributed by atoms with van der Waals surface area (Å²) in [5, 5.41) is 13.8. The summed E-state index contributed by atoms with van der Waals surface area (Å²) in [6.07, 6.45) is 0.920. The molecule has 190 valence electrons. The van der Waals surface area contributed by atoms with E-state index in [0.717, 1.165) is 28.1 Å². The molecule has 1 aromatic heterocycles. The molecule has 0 saturated heterocycles. The van der Waals surface area contributed by atoms with E-state index in [4.69, 9.17) is 14.0 Å². The SMILES string of the molecule is C/C(=N\OCc1ccccc1)C(Cc1ccc(OCCc2nc(-c3ccccc3)oc2C)cc1)C(=O)O. The predicted molar refractivity (Wildman–Crippen MR) is 141 cm³/mol. The van der Waals surface area contributed by atoms with Crippen LogP contribution in [0, 0.1) is 12.8 Å². The van der Waals surface area contributed by atoms with E-state index in [1.54, 1.807) is 6.92 Å². The highest BCUT2D eigenvalue weighted by Crippen LogP contribution is 2.22. The maximum Gasteiger partial charge on any atom is 0.312 e. The van der Waals surface area contributed by atoms with Crippen LogP contribution in [0.25, 0.3) is 11.5 Å². The van der Waals surface area contributed by atoms with Crippen LogP contribution in [0.15, 0.2) is 94.5 Å². The van der Waals surface area contributed by atoms with Crippen molar-refractivity contribution in [1.29, 1.82) is 0 Å². The smallest absolute Gasteiger partial charge is 0.312 e. The van der Waals surface area contributed by atoms with Gasteiger partial charge in [-0.1, -0.05) is 65.8 Å². The average Bonchev–Trinajstić information content (AvgIpc) is 3.29. The van der Waals surface area contributed by atoms with E-state index in [9.17, 15) is 9.90 Å². The first-order valence-corrected chi connectivity index (χ1v) is 12.2. The second-order valence-corrected chi connectivity index (χ2v) is 8.72. The van der Waals surface area contributed by atoms with E-state index < -0.39 is 11.9 Å². The summed E-state index contributed by atoms with van der Waals surface area (Å²) < 4.78 is 11.7. The predicted octanol–water partition coefficient (Wildman–Crippen LogP) is 6.11. The number of oxazole rings is 1. The largest absolute Gasteiger partial charge is 0.493 e.